The van der Waals surface area contributed by atoms with Crippen molar-refractivity contribution in [1.29, 1.82) is 0 Å². The molecule has 164 valence electrons. The molecule has 1 aliphatic heterocycles. The van der Waals surface area contributed by atoms with Gasteiger partial charge in [0.15, 0.2) is 0 Å². The Morgan fingerprint density at radius 1 is 1.16 bits per heavy atom. The zero-order valence-corrected chi connectivity index (χ0v) is 19.6. The molecule has 3 heterocycles. The maximum Gasteiger partial charge on any atom is 0.227 e. The van der Waals surface area contributed by atoms with Gasteiger partial charge in [-0.05, 0) is 32.3 Å². The van der Waals surface area contributed by atoms with E-state index in [4.69, 9.17) is 21.1 Å². The fraction of sp³-hybridized carbons (Fsp3) is 0.409. The molecule has 0 bridgehead atoms. The van der Waals surface area contributed by atoms with Crippen LogP contribution in [0.25, 0.3) is 10.2 Å². The molecule has 1 fully saturated rings. The number of carbonyl (C=O) groups is 1. The number of hydrogen-bond acceptors (Lipinski definition) is 7. The lowest BCUT2D eigenvalue weighted by molar-refractivity contribution is -0.120. The minimum Gasteiger partial charge on any atom is -0.495 e. The van der Waals surface area contributed by atoms with Crippen molar-refractivity contribution in [2.45, 2.75) is 26.7 Å². The molecule has 1 aromatic carbocycles. The van der Waals surface area contributed by atoms with E-state index < -0.39 is 0 Å². The van der Waals surface area contributed by atoms with E-state index in [9.17, 15) is 4.79 Å². The molecule has 0 atom stereocenters. The van der Waals surface area contributed by atoms with Gasteiger partial charge in [0.25, 0.3) is 0 Å². The maximum atomic E-state index is 13.0. The van der Waals surface area contributed by atoms with Crippen LogP contribution in [-0.2, 0) is 4.79 Å². The van der Waals surface area contributed by atoms with Crippen LogP contribution in [0.5, 0.6) is 11.5 Å². The minimum atomic E-state index is -0.0923. The average molecular weight is 461 g/mol. The second-order valence-corrected chi connectivity index (χ2v) is 9.21. The van der Waals surface area contributed by atoms with Crippen LogP contribution >= 0.6 is 22.9 Å². The lowest BCUT2D eigenvalue weighted by atomic mass is 9.95. The number of thiophene rings is 1. The average Bonchev–Trinajstić information content (AvgIpc) is 3.08. The van der Waals surface area contributed by atoms with Crippen molar-refractivity contribution in [3.63, 3.8) is 0 Å². The molecular formula is C22H25ClN4O3S. The van der Waals surface area contributed by atoms with E-state index in [2.05, 4.69) is 34.0 Å². The smallest absolute Gasteiger partial charge is 0.227 e. The molecule has 1 N–H and O–H groups in total. The number of amides is 1. The molecule has 31 heavy (non-hydrogen) atoms. The predicted molar refractivity (Wildman–Crippen MR) is 125 cm³/mol. The Morgan fingerprint density at radius 3 is 2.55 bits per heavy atom. The Kier molecular flexibility index (Phi) is 6.20. The van der Waals surface area contributed by atoms with Crippen molar-refractivity contribution in [2.24, 2.45) is 5.92 Å². The van der Waals surface area contributed by atoms with Crippen LogP contribution < -0.4 is 19.7 Å². The summed E-state index contributed by atoms with van der Waals surface area (Å²) in [7, 11) is 3.08. The van der Waals surface area contributed by atoms with Crippen molar-refractivity contribution in [2.75, 3.05) is 37.5 Å². The highest BCUT2D eigenvalue weighted by molar-refractivity contribution is 7.18. The number of aryl methyl sites for hydroxylation is 2. The number of nitrogens with one attached hydrogen (secondary N) is 1. The summed E-state index contributed by atoms with van der Waals surface area (Å²) in [4.78, 5) is 26.5. The zero-order chi connectivity index (χ0) is 22.1. The number of benzene rings is 1. The minimum absolute atomic E-state index is 0.0299. The first-order valence-corrected chi connectivity index (χ1v) is 11.3. The Hall–Kier alpha value is -2.58. The molecule has 1 amide bonds. The van der Waals surface area contributed by atoms with Crippen LogP contribution in [0, 0.1) is 19.8 Å². The SMILES string of the molecule is COc1cc(NC(=O)C2CCN(c3ncnc4sc(C)c(C)c34)CC2)c(OC)cc1Cl. The highest BCUT2D eigenvalue weighted by Crippen LogP contribution is 2.38. The highest BCUT2D eigenvalue weighted by atomic mass is 35.5. The Morgan fingerprint density at radius 2 is 1.87 bits per heavy atom. The van der Waals surface area contributed by atoms with Crippen LogP contribution in [0.1, 0.15) is 23.3 Å². The van der Waals surface area contributed by atoms with E-state index in [-0.39, 0.29) is 11.8 Å². The van der Waals surface area contributed by atoms with Gasteiger partial charge in [-0.25, -0.2) is 9.97 Å². The monoisotopic (exact) mass is 460 g/mol. The Labute approximate surface area is 190 Å². The Bertz CT molecular complexity index is 1130. The van der Waals surface area contributed by atoms with Crippen molar-refractivity contribution in [1.82, 2.24) is 9.97 Å². The molecule has 1 saturated heterocycles. The molecule has 9 heteroatoms. The molecule has 0 aliphatic carbocycles. The van der Waals surface area contributed by atoms with Crippen LogP contribution in [0.15, 0.2) is 18.5 Å². The van der Waals surface area contributed by atoms with Gasteiger partial charge in [-0.3, -0.25) is 4.79 Å². The number of anilines is 2. The van der Waals surface area contributed by atoms with Gasteiger partial charge in [-0.2, -0.15) is 0 Å². The fourth-order valence-corrected chi connectivity index (χ4v) is 5.17. The number of aromatic nitrogens is 2. The second kappa shape index (κ2) is 8.88. The number of hydrogen-bond donors (Lipinski definition) is 1. The van der Waals surface area contributed by atoms with Gasteiger partial charge in [0, 0.05) is 36.0 Å². The number of nitrogens with zero attached hydrogens (tertiary/aromatic N) is 3. The highest BCUT2D eigenvalue weighted by Gasteiger charge is 2.28. The number of rotatable bonds is 5. The van der Waals surface area contributed by atoms with E-state index in [1.54, 1.807) is 36.9 Å². The van der Waals surface area contributed by atoms with Crippen molar-refractivity contribution in [3.8, 4) is 11.5 Å². The summed E-state index contributed by atoms with van der Waals surface area (Å²) in [6.07, 6.45) is 3.12. The molecule has 3 aromatic rings. The van der Waals surface area contributed by atoms with Gasteiger partial charge >= 0.3 is 0 Å². The standard InChI is InChI=1S/C22H25ClN4O3S/c1-12-13(2)31-22-19(12)20(24-11-25-22)27-7-5-14(6-8-27)21(28)26-16-10-17(29-3)15(23)9-18(16)30-4/h9-11,14H,5-8H2,1-4H3,(H,26,28). The van der Waals surface area contributed by atoms with Gasteiger partial charge in [0.05, 0.1) is 30.3 Å². The predicted octanol–water partition coefficient (Wildman–Crippen LogP) is 4.83. The third kappa shape index (κ3) is 4.14. The lowest BCUT2D eigenvalue weighted by Gasteiger charge is -2.32. The number of ether oxygens (including phenoxy) is 2. The summed E-state index contributed by atoms with van der Waals surface area (Å²) < 4.78 is 10.6. The molecule has 2 aromatic heterocycles. The van der Waals surface area contributed by atoms with E-state index in [0.717, 1.165) is 42.0 Å². The third-order valence-corrected chi connectivity index (χ3v) is 7.25. The maximum absolute atomic E-state index is 13.0. The number of halogens is 1. The second-order valence-electron chi connectivity index (χ2n) is 7.60. The summed E-state index contributed by atoms with van der Waals surface area (Å²) in [5, 5.41) is 4.55. The summed E-state index contributed by atoms with van der Waals surface area (Å²) >= 11 is 7.86. The molecule has 0 saturated carbocycles. The summed E-state index contributed by atoms with van der Waals surface area (Å²) in [6, 6.07) is 3.33. The Balaban J connectivity index is 1.47. The molecule has 7 nitrogen and oxygen atoms in total. The third-order valence-electron chi connectivity index (χ3n) is 5.84. The lowest BCUT2D eigenvalue weighted by Crippen LogP contribution is -2.38. The van der Waals surface area contributed by atoms with E-state index in [1.807, 2.05) is 0 Å². The number of piperidine rings is 1. The normalized spacial score (nSPS) is 14.7. The zero-order valence-electron chi connectivity index (χ0n) is 18.0. The number of methoxy groups -OCH3 is 2. The topological polar surface area (TPSA) is 76.6 Å². The van der Waals surface area contributed by atoms with Crippen molar-refractivity contribution >= 4 is 50.6 Å². The fourth-order valence-electron chi connectivity index (χ4n) is 3.95. The molecular weight excluding hydrogens is 436 g/mol. The first-order chi connectivity index (χ1) is 14.9. The number of fused-ring (bicyclic) bond motifs is 1. The van der Waals surface area contributed by atoms with E-state index in [1.165, 1.54) is 17.6 Å². The molecule has 0 radical (unpaired) electrons. The van der Waals surface area contributed by atoms with Gasteiger partial charge in [-0.15, -0.1) is 11.3 Å². The van der Waals surface area contributed by atoms with Crippen molar-refractivity contribution in [3.05, 3.63) is 33.9 Å². The summed E-state index contributed by atoms with van der Waals surface area (Å²) in [6.45, 7) is 5.76. The first kappa shape index (κ1) is 21.6. The first-order valence-electron chi connectivity index (χ1n) is 10.1. The van der Waals surface area contributed by atoms with Gasteiger partial charge in [-0.1, -0.05) is 11.6 Å². The largest absolute Gasteiger partial charge is 0.495 e. The van der Waals surface area contributed by atoms with Gasteiger partial charge in [0.2, 0.25) is 5.91 Å². The van der Waals surface area contributed by atoms with Crippen LogP contribution in [0.3, 0.4) is 0 Å². The summed E-state index contributed by atoms with van der Waals surface area (Å²) in [5.74, 6) is 1.84. The van der Waals surface area contributed by atoms with Crippen LogP contribution in [0.2, 0.25) is 5.02 Å². The van der Waals surface area contributed by atoms with Crippen LogP contribution in [0.4, 0.5) is 11.5 Å². The van der Waals surface area contributed by atoms with Gasteiger partial charge < -0.3 is 19.7 Å². The van der Waals surface area contributed by atoms with Crippen molar-refractivity contribution < 1.29 is 14.3 Å². The van der Waals surface area contributed by atoms with Crippen LogP contribution in [-0.4, -0.2) is 43.2 Å². The quantitative estimate of drug-likeness (QED) is 0.587. The number of carbonyl (C=O) groups excluding carboxylic acids is 1. The van der Waals surface area contributed by atoms with E-state index >= 15 is 0 Å². The summed E-state index contributed by atoms with van der Waals surface area (Å²) in [5.41, 5.74) is 1.79. The molecule has 0 unspecified atom stereocenters. The molecule has 0 spiro atoms. The van der Waals surface area contributed by atoms with Gasteiger partial charge in [0.1, 0.15) is 28.5 Å². The molecule has 1 aliphatic rings. The van der Waals surface area contributed by atoms with E-state index in [0.29, 0.717) is 22.2 Å². The molecule has 4 rings (SSSR count).